The predicted octanol–water partition coefficient (Wildman–Crippen LogP) is 3.68. The van der Waals surface area contributed by atoms with Crippen molar-refractivity contribution in [3.63, 3.8) is 0 Å². The van der Waals surface area contributed by atoms with E-state index in [1.807, 2.05) is 12.1 Å². The molecule has 2 N–H and O–H groups in total. The smallest absolute Gasteiger partial charge is 0.0681 e. The van der Waals surface area contributed by atoms with E-state index in [4.69, 9.17) is 5.11 Å². The summed E-state index contributed by atoms with van der Waals surface area (Å²) in [5.41, 5.74) is 3.55. The summed E-state index contributed by atoms with van der Waals surface area (Å²) in [5.74, 6) is 0. The van der Waals surface area contributed by atoms with Crippen molar-refractivity contribution in [2.24, 2.45) is 0 Å². The molecule has 0 bridgehead atoms. The highest BCUT2D eigenvalue weighted by Gasteiger charge is 2.02. The molecule has 0 aliphatic carbocycles. The van der Waals surface area contributed by atoms with Crippen molar-refractivity contribution in [1.82, 2.24) is 5.32 Å². The van der Waals surface area contributed by atoms with Crippen molar-refractivity contribution in [2.45, 2.75) is 19.7 Å². The van der Waals surface area contributed by atoms with Crippen molar-refractivity contribution < 1.29 is 5.11 Å². The molecule has 0 saturated carbocycles. The van der Waals surface area contributed by atoms with Gasteiger partial charge in [-0.25, -0.2) is 0 Å². The summed E-state index contributed by atoms with van der Waals surface area (Å²) in [5, 5.41) is 16.1. The van der Waals surface area contributed by atoms with Gasteiger partial charge in [-0.3, -0.25) is 0 Å². The average Bonchev–Trinajstić information content (AvgIpc) is 2.92. The lowest BCUT2D eigenvalue weighted by molar-refractivity contribution is 0.282. The fourth-order valence-corrected chi connectivity index (χ4v) is 3.24. The maximum Gasteiger partial charge on any atom is 0.0681 e. The average molecular weight is 283 g/mol. The Kier molecular flexibility index (Phi) is 4.11. The van der Waals surface area contributed by atoms with E-state index in [2.05, 4.69) is 47.1 Å². The molecule has 3 rings (SSSR count). The van der Waals surface area contributed by atoms with E-state index in [0.29, 0.717) is 0 Å². The highest BCUT2D eigenvalue weighted by atomic mass is 32.1. The zero-order valence-corrected chi connectivity index (χ0v) is 12.0. The van der Waals surface area contributed by atoms with Crippen molar-refractivity contribution in [3.05, 3.63) is 70.6 Å². The van der Waals surface area contributed by atoms with Gasteiger partial charge >= 0.3 is 0 Å². The molecule has 2 nitrogen and oxygen atoms in total. The van der Waals surface area contributed by atoms with Crippen LogP contribution in [0.1, 0.15) is 16.7 Å². The summed E-state index contributed by atoms with van der Waals surface area (Å²) in [6.07, 6.45) is 0. The van der Waals surface area contributed by atoms with Crippen LogP contribution in [0, 0.1) is 0 Å². The number of aliphatic hydroxyl groups is 1. The van der Waals surface area contributed by atoms with Gasteiger partial charge in [0.15, 0.2) is 0 Å². The molecule has 0 aliphatic rings. The maximum absolute atomic E-state index is 9.02. The highest BCUT2D eigenvalue weighted by molar-refractivity contribution is 7.17. The number of rotatable bonds is 5. The molecular weight excluding hydrogens is 266 g/mol. The Morgan fingerprint density at radius 1 is 0.900 bits per heavy atom. The van der Waals surface area contributed by atoms with Crippen LogP contribution in [0.5, 0.6) is 0 Å². The minimum atomic E-state index is 0.106. The Bertz CT molecular complexity index is 688. The van der Waals surface area contributed by atoms with Crippen LogP contribution < -0.4 is 5.32 Å². The van der Waals surface area contributed by atoms with Gasteiger partial charge in [0, 0.05) is 17.8 Å². The van der Waals surface area contributed by atoms with Gasteiger partial charge in [0.1, 0.15) is 0 Å². The maximum atomic E-state index is 9.02. The lowest BCUT2D eigenvalue weighted by Gasteiger charge is -2.05. The number of hydrogen-bond donors (Lipinski definition) is 2. The fraction of sp³-hybridized carbons (Fsp3) is 0.176. The van der Waals surface area contributed by atoms with E-state index in [1.165, 1.54) is 21.2 Å². The molecule has 3 heteroatoms. The number of nitrogens with one attached hydrogen (secondary N) is 1. The van der Waals surface area contributed by atoms with Crippen LogP contribution in [0.2, 0.25) is 0 Å². The molecule has 20 heavy (non-hydrogen) atoms. The predicted molar refractivity (Wildman–Crippen MR) is 84.7 cm³/mol. The standard InChI is InChI=1S/C17H17NOS/c19-11-14-7-5-13(6-8-14)9-18-10-15-12-20-17-4-2-1-3-16(15)17/h1-8,12,18-19H,9-11H2. The first-order chi connectivity index (χ1) is 9.86. The molecule has 102 valence electrons. The lowest BCUT2D eigenvalue weighted by atomic mass is 10.1. The molecule has 0 unspecified atom stereocenters. The topological polar surface area (TPSA) is 32.3 Å². The largest absolute Gasteiger partial charge is 0.392 e. The summed E-state index contributed by atoms with van der Waals surface area (Å²) in [7, 11) is 0. The Labute approximate surface area is 122 Å². The van der Waals surface area contributed by atoms with Crippen molar-refractivity contribution in [3.8, 4) is 0 Å². The fourth-order valence-electron chi connectivity index (χ4n) is 2.27. The van der Waals surface area contributed by atoms with Gasteiger partial charge in [-0.15, -0.1) is 11.3 Å². The number of thiophene rings is 1. The molecule has 0 amide bonds. The van der Waals surface area contributed by atoms with Crippen LogP contribution in [-0.2, 0) is 19.7 Å². The number of aliphatic hydroxyl groups excluding tert-OH is 1. The van der Waals surface area contributed by atoms with Crippen LogP contribution in [0.25, 0.3) is 10.1 Å². The quantitative estimate of drug-likeness (QED) is 0.748. The van der Waals surface area contributed by atoms with Gasteiger partial charge in [-0.1, -0.05) is 42.5 Å². The summed E-state index contributed by atoms with van der Waals surface area (Å²) in [4.78, 5) is 0. The van der Waals surface area contributed by atoms with Crippen LogP contribution >= 0.6 is 11.3 Å². The van der Waals surface area contributed by atoms with Crippen LogP contribution in [0.15, 0.2) is 53.9 Å². The van der Waals surface area contributed by atoms with Gasteiger partial charge in [0.2, 0.25) is 0 Å². The molecule has 3 aromatic rings. The molecule has 0 saturated heterocycles. The third kappa shape index (κ3) is 2.90. The molecule has 0 aliphatic heterocycles. The summed E-state index contributed by atoms with van der Waals surface area (Å²) in [6.45, 7) is 1.83. The molecule has 2 aromatic carbocycles. The monoisotopic (exact) mass is 283 g/mol. The number of benzene rings is 2. The Hall–Kier alpha value is -1.68. The Morgan fingerprint density at radius 3 is 2.45 bits per heavy atom. The minimum Gasteiger partial charge on any atom is -0.392 e. The molecule has 1 heterocycles. The van der Waals surface area contributed by atoms with E-state index in [-0.39, 0.29) is 6.61 Å². The normalized spacial score (nSPS) is 11.1. The zero-order chi connectivity index (χ0) is 13.8. The number of hydrogen-bond acceptors (Lipinski definition) is 3. The van der Waals surface area contributed by atoms with Gasteiger partial charge in [-0.2, -0.15) is 0 Å². The second kappa shape index (κ2) is 6.18. The van der Waals surface area contributed by atoms with E-state index in [0.717, 1.165) is 18.7 Å². The Balaban J connectivity index is 1.62. The van der Waals surface area contributed by atoms with Crippen LogP contribution in [-0.4, -0.2) is 5.11 Å². The third-order valence-corrected chi connectivity index (χ3v) is 4.42. The Morgan fingerprint density at radius 2 is 1.65 bits per heavy atom. The molecule has 0 spiro atoms. The van der Waals surface area contributed by atoms with E-state index in [1.54, 1.807) is 11.3 Å². The molecule has 0 atom stereocenters. The molecule has 0 radical (unpaired) electrons. The molecular formula is C17H17NOS. The second-order valence-electron chi connectivity index (χ2n) is 4.84. The first-order valence-corrected chi connectivity index (χ1v) is 7.59. The van der Waals surface area contributed by atoms with Crippen LogP contribution in [0.3, 0.4) is 0 Å². The lowest BCUT2D eigenvalue weighted by Crippen LogP contribution is -2.12. The number of fused-ring (bicyclic) bond motifs is 1. The first-order valence-electron chi connectivity index (χ1n) is 6.71. The van der Waals surface area contributed by atoms with Crippen molar-refractivity contribution >= 4 is 21.4 Å². The highest BCUT2D eigenvalue weighted by Crippen LogP contribution is 2.25. The molecule has 1 aromatic heterocycles. The van der Waals surface area contributed by atoms with Gasteiger partial charge < -0.3 is 10.4 Å². The van der Waals surface area contributed by atoms with Gasteiger partial charge in [0.05, 0.1) is 6.61 Å². The third-order valence-electron chi connectivity index (χ3n) is 3.41. The molecule has 0 fully saturated rings. The van der Waals surface area contributed by atoms with Crippen molar-refractivity contribution in [1.29, 1.82) is 0 Å². The summed E-state index contributed by atoms with van der Waals surface area (Å²) >= 11 is 1.80. The van der Waals surface area contributed by atoms with Gasteiger partial charge in [-0.05, 0) is 33.5 Å². The summed E-state index contributed by atoms with van der Waals surface area (Å²) < 4.78 is 1.34. The van der Waals surface area contributed by atoms with E-state index >= 15 is 0 Å². The second-order valence-corrected chi connectivity index (χ2v) is 5.75. The van der Waals surface area contributed by atoms with E-state index in [9.17, 15) is 0 Å². The summed E-state index contributed by atoms with van der Waals surface area (Å²) in [6, 6.07) is 16.6. The first kappa shape index (κ1) is 13.3. The SMILES string of the molecule is OCc1ccc(CNCc2csc3ccccc23)cc1. The van der Waals surface area contributed by atoms with Crippen LogP contribution in [0.4, 0.5) is 0 Å². The minimum absolute atomic E-state index is 0.106. The van der Waals surface area contributed by atoms with Gasteiger partial charge in [0.25, 0.3) is 0 Å². The van der Waals surface area contributed by atoms with Crippen molar-refractivity contribution in [2.75, 3.05) is 0 Å². The zero-order valence-electron chi connectivity index (χ0n) is 11.2. The van der Waals surface area contributed by atoms with E-state index < -0.39 is 0 Å².